The van der Waals surface area contributed by atoms with Gasteiger partial charge in [0.25, 0.3) is 5.69 Å². The lowest BCUT2D eigenvalue weighted by Gasteiger charge is -2.17. The number of hydrogen-bond acceptors (Lipinski definition) is 7. The Morgan fingerprint density at radius 1 is 1.07 bits per heavy atom. The molecule has 3 rings (SSSR count). The van der Waals surface area contributed by atoms with Gasteiger partial charge in [0.05, 0.1) is 31.8 Å². The molecular weight excluding hydrogens is 362 g/mol. The van der Waals surface area contributed by atoms with Crippen molar-refractivity contribution in [2.45, 2.75) is 13.5 Å². The fourth-order valence-electron chi connectivity index (χ4n) is 3.09. The van der Waals surface area contributed by atoms with Crippen LogP contribution < -0.4 is 19.5 Å². The van der Waals surface area contributed by atoms with Gasteiger partial charge in [-0.15, -0.1) is 0 Å². The molecule has 2 aromatic carbocycles. The van der Waals surface area contributed by atoms with E-state index < -0.39 is 4.92 Å². The molecule has 0 aliphatic rings. The van der Waals surface area contributed by atoms with Gasteiger partial charge in [0.15, 0.2) is 5.52 Å². The average molecular weight is 383 g/mol. The van der Waals surface area contributed by atoms with Gasteiger partial charge in [-0.25, -0.2) is 4.98 Å². The smallest absolute Gasteiger partial charge is 0.295 e. The van der Waals surface area contributed by atoms with E-state index >= 15 is 0 Å². The lowest BCUT2D eigenvalue weighted by molar-refractivity contribution is -0.383. The summed E-state index contributed by atoms with van der Waals surface area (Å²) in [4.78, 5) is 15.3. The second-order valence-electron chi connectivity index (χ2n) is 6.11. The molecule has 0 unspecified atom stereocenters. The predicted octanol–water partition coefficient (Wildman–Crippen LogP) is 4.09. The Morgan fingerprint density at radius 2 is 1.75 bits per heavy atom. The van der Waals surface area contributed by atoms with Crippen molar-refractivity contribution < 1.29 is 19.1 Å². The minimum absolute atomic E-state index is 0.0242. The van der Waals surface area contributed by atoms with Crippen molar-refractivity contribution in [3.8, 4) is 17.2 Å². The van der Waals surface area contributed by atoms with Gasteiger partial charge < -0.3 is 19.5 Å². The second-order valence-corrected chi connectivity index (χ2v) is 6.11. The first-order chi connectivity index (χ1) is 13.5. The van der Waals surface area contributed by atoms with Crippen molar-refractivity contribution in [2.24, 2.45) is 0 Å². The fraction of sp³-hybridized carbons (Fsp3) is 0.250. The van der Waals surface area contributed by atoms with Gasteiger partial charge in [0, 0.05) is 41.5 Å². The third-order valence-electron chi connectivity index (χ3n) is 4.42. The molecule has 0 atom stereocenters. The Labute approximate surface area is 162 Å². The number of nitro groups is 1. The number of nitrogens with zero attached hydrogens (tertiary/aromatic N) is 2. The fourth-order valence-corrected chi connectivity index (χ4v) is 3.09. The maximum absolute atomic E-state index is 11.3. The van der Waals surface area contributed by atoms with Crippen molar-refractivity contribution in [2.75, 3.05) is 26.6 Å². The van der Waals surface area contributed by atoms with Crippen LogP contribution in [0.25, 0.3) is 10.9 Å². The summed E-state index contributed by atoms with van der Waals surface area (Å²) in [5, 5.41) is 15.4. The van der Waals surface area contributed by atoms with Crippen LogP contribution in [-0.4, -0.2) is 31.2 Å². The highest BCUT2D eigenvalue weighted by Crippen LogP contribution is 2.36. The Kier molecular flexibility index (Phi) is 5.49. The highest BCUT2D eigenvalue weighted by Gasteiger charge is 2.17. The van der Waals surface area contributed by atoms with E-state index in [1.165, 1.54) is 6.07 Å². The third-order valence-corrected chi connectivity index (χ3v) is 4.42. The van der Waals surface area contributed by atoms with E-state index in [2.05, 4.69) is 10.3 Å². The van der Waals surface area contributed by atoms with E-state index in [4.69, 9.17) is 14.2 Å². The number of aromatic nitrogens is 1. The van der Waals surface area contributed by atoms with Gasteiger partial charge in [-0.1, -0.05) is 12.1 Å². The lowest BCUT2D eigenvalue weighted by atomic mass is 10.1. The quantitative estimate of drug-likeness (QED) is 0.485. The number of anilines is 1. The number of nitro benzene ring substituents is 1. The molecule has 1 heterocycles. The summed E-state index contributed by atoms with van der Waals surface area (Å²) in [7, 11) is 4.73. The topological polar surface area (TPSA) is 95.8 Å². The van der Waals surface area contributed by atoms with Gasteiger partial charge in [-0.3, -0.25) is 10.1 Å². The van der Waals surface area contributed by atoms with Crippen LogP contribution in [0.2, 0.25) is 0 Å². The number of nitrogens with one attached hydrogen (secondary N) is 1. The first-order valence-electron chi connectivity index (χ1n) is 8.56. The third kappa shape index (κ3) is 3.62. The number of benzene rings is 2. The van der Waals surface area contributed by atoms with Crippen LogP contribution in [0.5, 0.6) is 17.2 Å². The molecule has 0 amide bonds. The van der Waals surface area contributed by atoms with Crippen molar-refractivity contribution in [1.82, 2.24) is 4.98 Å². The van der Waals surface area contributed by atoms with E-state index in [1.807, 2.05) is 6.07 Å². The molecule has 0 bridgehead atoms. The molecule has 0 saturated carbocycles. The van der Waals surface area contributed by atoms with E-state index in [1.54, 1.807) is 52.5 Å². The number of hydrogen-bond donors (Lipinski definition) is 1. The van der Waals surface area contributed by atoms with E-state index in [0.717, 1.165) is 11.3 Å². The standard InChI is InChI=1S/C20H21N3O5/c1-12-8-16(14-6-5-7-17(23(24)25)20(14)22-12)21-11-15-18(27-3)9-13(26-2)10-19(15)28-4/h5-10H,11H2,1-4H3,(H,21,22). The number of fused-ring (bicyclic) bond motifs is 1. The molecule has 0 radical (unpaired) electrons. The zero-order valence-corrected chi connectivity index (χ0v) is 16.1. The molecule has 146 valence electrons. The number of non-ortho nitro benzene ring substituents is 1. The maximum Gasteiger partial charge on any atom is 0.295 e. The molecular formula is C20H21N3O5. The summed E-state index contributed by atoms with van der Waals surface area (Å²) in [5.41, 5.74) is 2.55. The molecule has 28 heavy (non-hydrogen) atoms. The molecule has 0 spiro atoms. The summed E-state index contributed by atoms with van der Waals surface area (Å²) < 4.78 is 16.2. The summed E-state index contributed by atoms with van der Waals surface area (Å²) in [5.74, 6) is 1.85. The number of aryl methyl sites for hydroxylation is 1. The van der Waals surface area contributed by atoms with Crippen LogP contribution >= 0.6 is 0 Å². The Hall–Kier alpha value is -3.55. The summed E-state index contributed by atoms with van der Waals surface area (Å²) in [6.45, 7) is 2.19. The van der Waals surface area contributed by atoms with Crippen molar-refractivity contribution in [3.63, 3.8) is 0 Å². The number of para-hydroxylation sites is 1. The van der Waals surface area contributed by atoms with Gasteiger partial charge in [-0.05, 0) is 13.0 Å². The van der Waals surface area contributed by atoms with Crippen LogP contribution in [-0.2, 0) is 6.54 Å². The van der Waals surface area contributed by atoms with E-state index in [0.29, 0.717) is 40.4 Å². The normalized spacial score (nSPS) is 10.6. The monoisotopic (exact) mass is 383 g/mol. The van der Waals surface area contributed by atoms with Crippen molar-refractivity contribution in [1.29, 1.82) is 0 Å². The molecule has 8 nitrogen and oxygen atoms in total. The maximum atomic E-state index is 11.3. The van der Waals surface area contributed by atoms with Gasteiger partial charge >= 0.3 is 0 Å². The zero-order valence-electron chi connectivity index (χ0n) is 16.1. The van der Waals surface area contributed by atoms with Crippen LogP contribution in [0, 0.1) is 17.0 Å². The Morgan fingerprint density at radius 3 is 2.32 bits per heavy atom. The summed E-state index contributed by atoms with van der Waals surface area (Å²) in [6, 6.07) is 10.3. The zero-order chi connectivity index (χ0) is 20.3. The molecule has 0 fully saturated rings. The molecule has 0 saturated heterocycles. The molecule has 1 N–H and O–H groups in total. The molecule has 8 heteroatoms. The summed E-state index contributed by atoms with van der Waals surface area (Å²) in [6.07, 6.45) is 0. The lowest BCUT2D eigenvalue weighted by Crippen LogP contribution is -2.06. The average Bonchev–Trinajstić information content (AvgIpc) is 2.70. The molecule has 0 aliphatic heterocycles. The predicted molar refractivity (Wildman–Crippen MR) is 107 cm³/mol. The van der Waals surface area contributed by atoms with Gasteiger partial charge in [0.2, 0.25) is 0 Å². The SMILES string of the molecule is COc1cc(OC)c(CNc2cc(C)nc3c([N+](=O)[O-])cccc23)c(OC)c1. The van der Waals surface area contributed by atoms with Gasteiger partial charge in [0.1, 0.15) is 17.2 Å². The number of methoxy groups -OCH3 is 3. The van der Waals surface area contributed by atoms with Crippen LogP contribution in [0.15, 0.2) is 36.4 Å². The number of rotatable bonds is 7. The minimum atomic E-state index is -0.423. The first-order valence-corrected chi connectivity index (χ1v) is 8.56. The van der Waals surface area contributed by atoms with E-state index in [-0.39, 0.29) is 5.69 Å². The van der Waals surface area contributed by atoms with E-state index in [9.17, 15) is 10.1 Å². The Bertz CT molecular complexity index is 1010. The van der Waals surface area contributed by atoms with Crippen LogP contribution in [0.1, 0.15) is 11.3 Å². The summed E-state index contributed by atoms with van der Waals surface area (Å²) >= 11 is 0. The largest absolute Gasteiger partial charge is 0.496 e. The number of pyridine rings is 1. The van der Waals surface area contributed by atoms with Crippen molar-refractivity contribution in [3.05, 3.63) is 57.8 Å². The van der Waals surface area contributed by atoms with Crippen LogP contribution in [0.4, 0.5) is 11.4 Å². The Balaban J connectivity index is 2.03. The molecule has 3 aromatic rings. The second kappa shape index (κ2) is 7.99. The highest BCUT2D eigenvalue weighted by molar-refractivity contribution is 5.96. The number of ether oxygens (including phenoxy) is 3. The minimum Gasteiger partial charge on any atom is -0.496 e. The first kappa shape index (κ1) is 19.2. The highest BCUT2D eigenvalue weighted by atomic mass is 16.6. The van der Waals surface area contributed by atoms with Crippen LogP contribution in [0.3, 0.4) is 0 Å². The molecule has 0 aliphatic carbocycles. The van der Waals surface area contributed by atoms with Gasteiger partial charge in [-0.2, -0.15) is 0 Å². The molecule has 1 aromatic heterocycles. The van der Waals surface area contributed by atoms with Crippen molar-refractivity contribution >= 4 is 22.3 Å².